The average Bonchev–Trinajstić information content (AvgIpc) is 2.65. The second-order valence-corrected chi connectivity index (χ2v) is 6.76. The summed E-state index contributed by atoms with van der Waals surface area (Å²) in [7, 11) is 1.86. The number of benzene rings is 1. The molecule has 0 unspecified atom stereocenters. The molecule has 0 atom stereocenters. The number of fused-ring (bicyclic) bond motifs is 1. The number of aliphatic imine (C=N–C) groups is 1. The van der Waals surface area contributed by atoms with Crippen LogP contribution in [0.15, 0.2) is 29.3 Å². The lowest BCUT2D eigenvalue weighted by molar-refractivity contribution is -0.130. The topological polar surface area (TPSA) is 51.2 Å². The van der Waals surface area contributed by atoms with Gasteiger partial charge in [0.05, 0.1) is 0 Å². The lowest BCUT2D eigenvalue weighted by Crippen LogP contribution is -2.51. The molecule has 0 spiro atoms. The molecule has 6 nitrogen and oxygen atoms in total. The first-order valence-corrected chi connectivity index (χ1v) is 9.17. The van der Waals surface area contributed by atoms with E-state index in [9.17, 15) is 4.79 Å². The number of piperazine rings is 1. The minimum atomic E-state index is 0.184. The van der Waals surface area contributed by atoms with Gasteiger partial charge < -0.3 is 15.1 Å². The van der Waals surface area contributed by atoms with Crippen LogP contribution >= 0.6 is 0 Å². The first kappa shape index (κ1) is 17.7. The predicted octanol–water partition coefficient (Wildman–Crippen LogP) is 0.784. The molecule has 0 saturated carbocycles. The number of hydrogen-bond donors (Lipinski definition) is 1. The summed E-state index contributed by atoms with van der Waals surface area (Å²) in [6, 6.07) is 8.67. The van der Waals surface area contributed by atoms with Crippen LogP contribution in [0.25, 0.3) is 0 Å². The second-order valence-electron chi connectivity index (χ2n) is 6.76. The van der Waals surface area contributed by atoms with Crippen molar-refractivity contribution in [2.75, 3.05) is 52.9 Å². The molecule has 3 rings (SSSR count). The normalized spacial score (nSPS) is 18.9. The van der Waals surface area contributed by atoms with Crippen molar-refractivity contribution in [3.8, 4) is 0 Å². The van der Waals surface area contributed by atoms with Crippen LogP contribution in [0.2, 0.25) is 0 Å². The SMILES string of the molecule is CN=C(NCCN1CCN(C(C)=O)CC1)N1CCc2ccccc2C1. The largest absolute Gasteiger partial charge is 0.355 e. The van der Waals surface area contributed by atoms with E-state index in [-0.39, 0.29) is 5.91 Å². The first-order chi connectivity index (χ1) is 12.2. The smallest absolute Gasteiger partial charge is 0.219 e. The maximum Gasteiger partial charge on any atom is 0.219 e. The molecule has 1 N–H and O–H groups in total. The standard InChI is InChI=1S/C19H29N5O/c1-16(25)23-13-11-22(12-14-23)10-8-21-19(20-2)24-9-7-17-5-3-4-6-18(17)15-24/h3-6H,7-15H2,1-2H3,(H,20,21). The molecule has 1 fully saturated rings. The van der Waals surface area contributed by atoms with Crippen LogP contribution in [0.4, 0.5) is 0 Å². The maximum absolute atomic E-state index is 11.4. The third kappa shape index (κ3) is 4.51. The molecule has 0 radical (unpaired) electrons. The van der Waals surface area contributed by atoms with E-state index in [4.69, 9.17) is 0 Å². The fourth-order valence-electron chi connectivity index (χ4n) is 3.62. The highest BCUT2D eigenvalue weighted by Gasteiger charge is 2.20. The zero-order chi connectivity index (χ0) is 17.6. The number of rotatable bonds is 3. The van der Waals surface area contributed by atoms with Gasteiger partial charge in [0.2, 0.25) is 5.91 Å². The van der Waals surface area contributed by atoms with Crippen molar-refractivity contribution in [1.29, 1.82) is 0 Å². The molecule has 2 aliphatic heterocycles. The predicted molar refractivity (Wildman–Crippen MR) is 101 cm³/mol. The molecule has 2 heterocycles. The minimum absolute atomic E-state index is 0.184. The summed E-state index contributed by atoms with van der Waals surface area (Å²) in [5.74, 6) is 1.17. The minimum Gasteiger partial charge on any atom is -0.355 e. The monoisotopic (exact) mass is 343 g/mol. The molecular weight excluding hydrogens is 314 g/mol. The van der Waals surface area contributed by atoms with Gasteiger partial charge in [0.1, 0.15) is 0 Å². The van der Waals surface area contributed by atoms with Crippen LogP contribution in [-0.2, 0) is 17.8 Å². The Labute approximate surface area is 150 Å². The second kappa shape index (κ2) is 8.34. The van der Waals surface area contributed by atoms with Gasteiger partial charge in [0.25, 0.3) is 0 Å². The van der Waals surface area contributed by atoms with Crippen molar-refractivity contribution in [3.63, 3.8) is 0 Å². The quantitative estimate of drug-likeness (QED) is 0.651. The fraction of sp³-hybridized carbons (Fsp3) is 0.579. The van der Waals surface area contributed by atoms with E-state index in [0.29, 0.717) is 0 Å². The Balaban J connectivity index is 1.44. The highest BCUT2D eigenvalue weighted by Crippen LogP contribution is 2.18. The maximum atomic E-state index is 11.4. The van der Waals surface area contributed by atoms with Crippen LogP contribution in [0.5, 0.6) is 0 Å². The van der Waals surface area contributed by atoms with E-state index in [0.717, 1.165) is 64.7 Å². The highest BCUT2D eigenvalue weighted by atomic mass is 16.2. The van der Waals surface area contributed by atoms with Gasteiger partial charge in [-0.15, -0.1) is 0 Å². The van der Waals surface area contributed by atoms with Crippen LogP contribution < -0.4 is 5.32 Å². The molecule has 6 heteroatoms. The molecule has 0 bridgehead atoms. The first-order valence-electron chi connectivity index (χ1n) is 9.17. The summed E-state index contributed by atoms with van der Waals surface area (Å²) in [4.78, 5) is 22.5. The van der Waals surface area contributed by atoms with Gasteiger partial charge >= 0.3 is 0 Å². The summed E-state index contributed by atoms with van der Waals surface area (Å²) in [5, 5.41) is 3.50. The number of nitrogens with zero attached hydrogens (tertiary/aromatic N) is 4. The summed E-state index contributed by atoms with van der Waals surface area (Å²) in [5.41, 5.74) is 2.86. The zero-order valence-corrected chi connectivity index (χ0v) is 15.4. The molecule has 25 heavy (non-hydrogen) atoms. The zero-order valence-electron chi connectivity index (χ0n) is 15.4. The summed E-state index contributed by atoms with van der Waals surface area (Å²) < 4.78 is 0. The van der Waals surface area contributed by atoms with Gasteiger partial charge in [0, 0.05) is 66.3 Å². The van der Waals surface area contributed by atoms with Gasteiger partial charge in [-0.3, -0.25) is 14.7 Å². The van der Waals surface area contributed by atoms with Gasteiger partial charge in [-0.1, -0.05) is 24.3 Å². The van der Waals surface area contributed by atoms with Crippen molar-refractivity contribution >= 4 is 11.9 Å². The van der Waals surface area contributed by atoms with E-state index >= 15 is 0 Å². The molecule has 1 aromatic carbocycles. The number of carbonyl (C=O) groups is 1. The van der Waals surface area contributed by atoms with Crippen molar-refractivity contribution in [3.05, 3.63) is 35.4 Å². The lowest BCUT2D eigenvalue weighted by atomic mass is 10.0. The number of amides is 1. The number of hydrogen-bond acceptors (Lipinski definition) is 3. The molecule has 0 aliphatic carbocycles. The summed E-state index contributed by atoms with van der Waals surface area (Å²) >= 11 is 0. The Morgan fingerprint density at radius 1 is 1.08 bits per heavy atom. The van der Waals surface area contributed by atoms with Crippen LogP contribution in [-0.4, -0.2) is 79.4 Å². The number of nitrogens with one attached hydrogen (secondary N) is 1. The third-order valence-corrected chi connectivity index (χ3v) is 5.17. The van der Waals surface area contributed by atoms with Gasteiger partial charge in [-0.05, 0) is 17.5 Å². The fourth-order valence-corrected chi connectivity index (χ4v) is 3.62. The van der Waals surface area contributed by atoms with Crippen molar-refractivity contribution in [2.24, 2.45) is 4.99 Å². The Bertz CT molecular complexity index is 622. The Morgan fingerprint density at radius 3 is 2.48 bits per heavy atom. The number of guanidine groups is 1. The molecule has 0 aromatic heterocycles. The molecule has 136 valence electrons. The molecule has 1 amide bonds. The average molecular weight is 343 g/mol. The lowest BCUT2D eigenvalue weighted by Gasteiger charge is -2.35. The Kier molecular flexibility index (Phi) is 5.91. The van der Waals surface area contributed by atoms with Crippen molar-refractivity contribution in [2.45, 2.75) is 19.9 Å². The Morgan fingerprint density at radius 2 is 1.80 bits per heavy atom. The molecule has 1 saturated heterocycles. The number of carbonyl (C=O) groups excluding carboxylic acids is 1. The summed E-state index contributed by atoms with van der Waals surface area (Å²) in [6.45, 7) is 9.03. The van der Waals surface area contributed by atoms with E-state index in [1.54, 1.807) is 6.92 Å². The van der Waals surface area contributed by atoms with E-state index < -0.39 is 0 Å². The molecule has 2 aliphatic rings. The van der Waals surface area contributed by atoms with E-state index in [2.05, 4.69) is 44.4 Å². The van der Waals surface area contributed by atoms with Crippen molar-refractivity contribution in [1.82, 2.24) is 20.0 Å². The van der Waals surface area contributed by atoms with E-state index in [1.165, 1.54) is 11.1 Å². The molecular formula is C19H29N5O. The van der Waals surface area contributed by atoms with Gasteiger partial charge in [0.15, 0.2) is 5.96 Å². The van der Waals surface area contributed by atoms with Crippen molar-refractivity contribution < 1.29 is 4.79 Å². The van der Waals surface area contributed by atoms with Gasteiger partial charge in [-0.2, -0.15) is 0 Å². The van der Waals surface area contributed by atoms with Crippen LogP contribution in [0, 0.1) is 0 Å². The highest BCUT2D eigenvalue weighted by molar-refractivity contribution is 5.80. The Hall–Kier alpha value is -2.08. The van der Waals surface area contributed by atoms with E-state index in [1.807, 2.05) is 11.9 Å². The molecule has 1 aromatic rings. The third-order valence-electron chi connectivity index (χ3n) is 5.17. The van der Waals surface area contributed by atoms with Crippen LogP contribution in [0.1, 0.15) is 18.1 Å². The van der Waals surface area contributed by atoms with Crippen LogP contribution in [0.3, 0.4) is 0 Å². The van der Waals surface area contributed by atoms with Gasteiger partial charge in [-0.25, -0.2) is 0 Å². The summed E-state index contributed by atoms with van der Waals surface area (Å²) in [6.07, 6.45) is 1.07.